The zero-order valence-corrected chi connectivity index (χ0v) is 14.3. The Labute approximate surface area is 139 Å². The van der Waals surface area contributed by atoms with Crippen molar-refractivity contribution in [3.8, 4) is 0 Å². The van der Waals surface area contributed by atoms with Gasteiger partial charge in [-0.05, 0) is 37.5 Å². The van der Waals surface area contributed by atoms with Crippen molar-refractivity contribution in [2.75, 3.05) is 0 Å². The van der Waals surface area contributed by atoms with Gasteiger partial charge in [-0.2, -0.15) is 0 Å². The van der Waals surface area contributed by atoms with Crippen LogP contribution in [-0.4, -0.2) is 32.3 Å². The van der Waals surface area contributed by atoms with Gasteiger partial charge in [0, 0.05) is 10.8 Å². The standard InChI is InChI=1S/C12H16Cl6/c13-5-1-2-7(14)6(3-5)10-11(17)8(15)4-9(16)12(10)18/h5-12H,1-4H2. The highest BCUT2D eigenvalue weighted by molar-refractivity contribution is 6.35. The van der Waals surface area contributed by atoms with Gasteiger partial charge in [0.25, 0.3) is 0 Å². The lowest BCUT2D eigenvalue weighted by Crippen LogP contribution is -2.50. The molecule has 2 rings (SSSR count). The Hall–Kier alpha value is 1.74. The topological polar surface area (TPSA) is 0 Å². The zero-order valence-electron chi connectivity index (χ0n) is 9.72. The third-order valence-electron chi connectivity index (χ3n) is 4.12. The van der Waals surface area contributed by atoms with Crippen LogP contribution in [0.25, 0.3) is 0 Å². The highest BCUT2D eigenvalue weighted by Crippen LogP contribution is 2.47. The second-order valence-electron chi connectivity index (χ2n) is 5.32. The van der Waals surface area contributed by atoms with Gasteiger partial charge >= 0.3 is 0 Å². The van der Waals surface area contributed by atoms with Gasteiger partial charge in [-0.25, -0.2) is 0 Å². The molecule has 18 heavy (non-hydrogen) atoms. The number of alkyl halides is 6. The van der Waals surface area contributed by atoms with E-state index < -0.39 is 0 Å². The van der Waals surface area contributed by atoms with Gasteiger partial charge in [0.1, 0.15) is 0 Å². The summed E-state index contributed by atoms with van der Waals surface area (Å²) in [6, 6.07) is 0. The lowest BCUT2D eigenvalue weighted by atomic mass is 9.72. The Morgan fingerprint density at radius 1 is 0.611 bits per heavy atom. The SMILES string of the molecule is ClC1CCC(Cl)C(C2C(Cl)C(Cl)CC(Cl)C2Cl)C1. The Balaban J connectivity index is 2.17. The molecule has 0 aromatic carbocycles. The van der Waals surface area contributed by atoms with Crippen molar-refractivity contribution in [3.63, 3.8) is 0 Å². The molecule has 0 saturated heterocycles. The molecule has 2 aliphatic carbocycles. The van der Waals surface area contributed by atoms with Gasteiger partial charge in [-0.3, -0.25) is 0 Å². The molecule has 0 aliphatic heterocycles. The van der Waals surface area contributed by atoms with E-state index in [4.69, 9.17) is 69.6 Å². The van der Waals surface area contributed by atoms with Crippen LogP contribution in [0.5, 0.6) is 0 Å². The largest absolute Gasteiger partial charge is 0.123 e. The summed E-state index contributed by atoms with van der Waals surface area (Å²) in [7, 11) is 0. The molecule has 0 aromatic heterocycles. The van der Waals surface area contributed by atoms with Gasteiger partial charge in [0.2, 0.25) is 0 Å². The molecule has 0 spiro atoms. The van der Waals surface area contributed by atoms with Crippen LogP contribution in [0.15, 0.2) is 0 Å². The first kappa shape index (κ1) is 16.1. The summed E-state index contributed by atoms with van der Waals surface area (Å²) in [6.45, 7) is 0. The highest BCUT2D eigenvalue weighted by atomic mass is 35.5. The normalized spacial score (nSPS) is 54.3. The fraction of sp³-hybridized carbons (Fsp3) is 1.00. The van der Waals surface area contributed by atoms with Crippen LogP contribution in [-0.2, 0) is 0 Å². The van der Waals surface area contributed by atoms with E-state index >= 15 is 0 Å². The molecule has 2 fully saturated rings. The maximum atomic E-state index is 6.46. The fourth-order valence-electron chi connectivity index (χ4n) is 3.12. The predicted octanol–water partition coefficient (Wildman–Crippen LogP) is 5.45. The minimum atomic E-state index is -0.183. The Bertz CT molecular complexity index is 272. The Morgan fingerprint density at radius 2 is 1.17 bits per heavy atom. The second-order valence-corrected chi connectivity index (χ2v) is 8.63. The van der Waals surface area contributed by atoms with E-state index in [-0.39, 0.29) is 44.1 Å². The summed E-state index contributed by atoms with van der Waals surface area (Å²) in [4.78, 5) is 0. The van der Waals surface area contributed by atoms with Crippen molar-refractivity contribution in [2.45, 2.75) is 57.9 Å². The molecule has 0 aromatic rings. The molecule has 106 valence electrons. The van der Waals surface area contributed by atoms with Gasteiger partial charge in [-0.15, -0.1) is 69.6 Å². The lowest BCUT2D eigenvalue weighted by Gasteiger charge is -2.45. The molecule has 2 saturated carbocycles. The quantitative estimate of drug-likeness (QED) is 0.537. The Kier molecular flexibility index (Phi) is 5.97. The van der Waals surface area contributed by atoms with Crippen LogP contribution in [0.3, 0.4) is 0 Å². The first-order valence-corrected chi connectivity index (χ1v) is 8.88. The smallest absolute Gasteiger partial charge is 0.0546 e. The highest BCUT2D eigenvalue weighted by Gasteiger charge is 2.48. The van der Waals surface area contributed by atoms with Crippen molar-refractivity contribution >= 4 is 69.6 Å². The second kappa shape index (κ2) is 6.67. The van der Waals surface area contributed by atoms with Crippen LogP contribution in [0.4, 0.5) is 0 Å². The maximum Gasteiger partial charge on any atom is 0.0546 e. The first-order chi connectivity index (χ1) is 8.41. The summed E-state index contributed by atoms with van der Waals surface area (Å²) < 4.78 is 0. The van der Waals surface area contributed by atoms with Gasteiger partial charge in [0.15, 0.2) is 0 Å². The minimum absolute atomic E-state index is 0.0381. The molecular weight excluding hydrogens is 357 g/mol. The van der Waals surface area contributed by atoms with Crippen LogP contribution < -0.4 is 0 Å². The van der Waals surface area contributed by atoms with Crippen LogP contribution >= 0.6 is 69.6 Å². The molecule has 6 heteroatoms. The van der Waals surface area contributed by atoms with E-state index in [0.29, 0.717) is 6.42 Å². The van der Waals surface area contributed by atoms with E-state index in [1.807, 2.05) is 0 Å². The summed E-state index contributed by atoms with van der Waals surface area (Å²) >= 11 is 38.2. The molecule has 2 aliphatic rings. The van der Waals surface area contributed by atoms with Crippen LogP contribution in [0.1, 0.15) is 25.7 Å². The number of rotatable bonds is 1. The molecule has 0 nitrogen and oxygen atoms in total. The van der Waals surface area contributed by atoms with E-state index in [1.54, 1.807) is 0 Å². The molecule has 7 atom stereocenters. The van der Waals surface area contributed by atoms with Gasteiger partial charge in [0.05, 0.1) is 21.5 Å². The maximum absolute atomic E-state index is 6.46. The van der Waals surface area contributed by atoms with Crippen molar-refractivity contribution in [1.29, 1.82) is 0 Å². The average molecular weight is 373 g/mol. The predicted molar refractivity (Wildman–Crippen MR) is 83.3 cm³/mol. The van der Waals surface area contributed by atoms with Crippen molar-refractivity contribution < 1.29 is 0 Å². The number of hydrogen-bond donors (Lipinski definition) is 0. The van der Waals surface area contributed by atoms with E-state index in [0.717, 1.165) is 19.3 Å². The van der Waals surface area contributed by atoms with E-state index in [1.165, 1.54) is 0 Å². The van der Waals surface area contributed by atoms with Crippen molar-refractivity contribution in [3.05, 3.63) is 0 Å². The molecular formula is C12H16Cl6. The number of halogens is 6. The number of hydrogen-bond acceptors (Lipinski definition) is 0. The monoisotopic (exact) mass is 370 g/mol. The van der Waals surface area contributed by atoms with E-state index in [9.17, 15) is 0 Å². The summed E-state index contributed by atoms with van der Waals surface area (Å²) in [6.07, 6.45) is 3.35. The Morgan fingerprint density at radius 3 is 1.72 bits per heavy atom. The minimum Gasteiger partial charge on any atom is -0.123 e. The van der Waals surface area contributed by atoms with Crippen LogP contribution in [0, 0.1) is 11.8 Å². The molecule has 0 N–H and O–H groups in total. The third kappa shape index (κ3) is 3.31. The summed E-state index contributed by atoms with van der Waals surface area (Å²) in [5.74, 6) is 0.242. The fourth-order valence-corrected chi connectivity index (χ4v) is 5.63. The third-order valence-corrected chi connectivity index (χ3v) is 7.41. The summed E-state index contributed by atoms with van der Waals surface area (Å²) in [5.41, 5.74) is 0. The van der Waals surface area contributed by atoms with Gasteiger partial charge in [-0.1, -0.05) is 0 Å². The lowest BCUT2D eigenvalue weighted by molar-refractivity contribution is 0.215. The van der Waals surface area contributed by atoms with E-state index in [2.05, 4.69) is 0 Å². The van der Waals surface area contributed by atoms with Crippen molar-refractivity contribution in [1.82, 2.24) is 0 Å². The van der Waals surface area contributed by atoms with Crippen molar-refractivity contribution in [2.24, 2.45) is 11.8 Å². The molecule has 0 heterocycles. The van der Waals surface area contributed by atoms with Gasteiger partial charge < -0.3 is 0 Å². The van der Waals surface area contributed by atoms with Crippen LogP contribution in [0.2, 0.25) is 0 Å². The zero-order chi connectivity index (χ0) is 13.4. The first-order valence-electron chi connectivity index (χ1n) is 6.26. The average Bonchev–Trinajstić information content (AvgIpc) is 2.31. The molecule has 0 bridgehead atoms. The molecule has 0 radical (unpaired) electrons. The summed E-state index contributed by atoms with van der Waals surface area (Å²) in [5, 5.41) is -0.433. The molecule has 0 amide bonds. The molecule has 7 unspecified atom stereocenters.